The molecule has 0 amide bonds. The van der Waals surface area contributed by atoms with Crippen molar-refractivity contribution in [2.24, 2.45) is 28.6 Å². The first kappa shape index (κ1) is 28.2. The zero-order valence-corrected chi connectivity index (χ0v) is 23.0. The number of carbonyl (C=O) groups is 3. The normalized spacial score (nSPS) is 45.6. The highest BCUT2D eigenvalue weighted by Gasteiger charge is 2.79. The summed E-state index contributed by atoms with van der Waals surface area (Å²) in [5.41, 5.74) is -8.59. The second-order valence-electron chi connectivity index (χ2n) is 11.3. The van der Waals surface area contributed by atoms with Crippen molar-refractivity contribution in [3.05, 3.63) is 23.8 Å². The van der Waals surface area contributed by atoms with Crippen LogP contribution in [0, 0.1) is 28.6 Å². The topological polar surface area (TPSA) is 158 Å². The van der Waals surface area contributed by atoms with Crippen molar-refractivity contribution in [1.82, 2.24) is 0 Å². The number of hydrogen-bond acceptors (Lipinski definition) is 10. The Labute approximate surface area is 215 Å². The first-order chi connectivity index (χ1) is 16.6. The lowest BCUT2D eigenvalue weighted by Gasteiger charge is -2.62. The third-order valence-corrected chi connectivity index (χ3v) is 10.3. The lowest BCUT2D eigenvalue weighted by molar-refractivity contribution is -0.203. The highest BCUT2D eigenvalue weighted by molar-refractivity contribution is 7.86. The highest BCUT2D eigenvalue weighted by atomic mass is 32.2. The molecule has 0 saturated heterocycles. The van der Waals surface area contributed by atoms with Crippen LogP contribution in [0.25, 0.3) is 0 Å². The van der Waals surface area contributed by atoms with Crippen LogP contribution in [0.3, 0.4) is 0 Å². The number of aliphatic hydroxyl groups is 1. The summed E-state index contributed by atoms with van der Waals surface area (Å²) in [5, 5.41) is 11.6. The summed E-state index contributed by atoms with van der Waals surface area (Å²) in [7, 11) is -8.72. The van der Waals surface area contributed by atoms with E-state index in [1.807, 2.05) is 0 Å². The van der Waals surface area contributed by atoms with E-state index in [0.29, 0.717) is 12.5 Å². The van der Waals surface area contributed by atoms with Gasteiger partial charge in [-0.2, -0.15) is 16.8 Å². The van der Waals surface area contributed by atoms with E-state index in [2.05, 4.69) is 0 Å². The lowest BCUT2D eigenvalue weighted by atomic mass is 9.44. The van der Waals surface area contributed by atoms with Gasteiger partial charge < -0.3 is 5.11 Å². The molecule has 9 atom stereocenters. The maximum atomic E-state index is 17.7. The minimum atomic E-state index is -4.40. The van der Waals surface area contributed by atoms with Gasteiger partial charge in [0.25, 0.3) is 20.2 Å². The van der Waals surface area contributed by atoms with Crippen LogP contribution in [0.1, 0.15) is 40.5 Å². The number of hydrogen-bond donors (Lipinski definition) is 1. The number of allylic oxidation sites excluding steroid dienone is 3. The van der Waals surface area contributed by atoms with E-state index in [-0.39, 0.29) is 12.0 Å². The van der Waals surface area contributed by atoms with Crippen molar-refractivity contribution >= 4 is 37.6 Å². The van der Waals surface area contributed by atoms with Crippen molar-refractivity contribution in [3.63, 3.8) is 0 Å². The average Bonchev–Trinajstić information content (AvgIpc) is 2.92. The van der Waals surface area contributed by atoms with Crippen LogP contribution in [-0.2, 0) is 43.0 Å². The lowest BCUT2D eigenvalue weighted by Crippen LogP contribution is -2.73. The Morgan fingerprint density at radius 1 is 1.11 bits per heavy atom. The molecule has 0 spiro atoms. The molecular formula is C24H31FO10S2. The van der Waals surface area contributed by atoms with Crippen LogP contribution in [0.2, 0.25) is 0 Å². The smallest absolute Gasteiger partial charge is 0.265 e. The molecule has 0 bridgehead atoms. The molecule has 10 nitrogen and oxygen atoms in total. The fourth-order valence-electron chi connectivity index (χ4n) is 7.61. The van der Waals surface area contributed by atoms with Gasteiger partial charge in [-0.3, -0.25) is 22.7 Å². The quantitative estimate of drug-likeness (QED) is 0.480. The molecule has 3 unspecified atom stereocenters. The monoisotopic (exact) mass is 562 g/mol. The average molecular weight is 563 g/mol. The second kappa shape index (κ2) is 8.10. The Kier molecular flexibility index (Phi) is 6.18. The predicted molar refractivity (Wildman–Crippen MR) is 128 cm³/mol. The Balaban J connectivity index is 2.07. The molecule has 0 heterocycles. The third kappa shape index (κ3) is 3.75. The number of ketones is 3. The predicted octanol–water partition coefficient (Wildman–Crippen LogP) is 1.04. The van der Waals surface area contributed by atoms with Gasteiger partial charge in [-0.15, -0.1) is 0 Å². The summed E-state index contributed by atoms with van der Waals surface area (Å²) < 4.78 is 77.7. The molecule has 1 N–H and O–H groups in total. The van der Waals surface area contributed by atoms with Crippen LogP contribution in [0.5, 0.6) is 0 Å². The van der Waals surface area contributed by atoms with E-state index in [9.17, 15) is 36.3 Å². The van der Waals surface area contributed by atoms with Gasteiger partial charge in [0, 0.05) is 17.8 Å². The minimum absolute atomic E-state index is 0.0170. The number of carbonyl (C=O) groups excluding carboxylic acids is 3. The Morgan fingerprint density at radius 3 is 2.19 bits per heavy atom. The van der Waals surface area contributed by atoms with Crippen LogP contribution in [-0.4, -0.2) is 75.3 Å². The molecule has 13 heteroatoms. The van der Waals surface area contributed by atoms with Crippen LogP contribution >= 0.6 is 0 Å². The summed E-state index contributed by atoms with van der Waals surface area (Å²) in [4.78, 5) is 38.9. The first-order valence-electron chi connectivity index (χ1n) is 11.8. The minimum Gasteiger partial charge on any atom is -0.381 e. The van der Waals surface area contributed by atoms with Gasteiger partial charge in [0.05, 0.1) is 17.9 Å². The third-order valence-electron chi connectivity index (χ3n) is 9.13. The second-order valence-corrected chi connectivity index (χ2v) is 14.5. The van der Waals surface area contributed by atoms with E-state index in [0.717, 1.165) is 12.2 Å². The summed E-state index contributed by atoms with van der Waals surface area (Å²) in [6.45, 7) is 5.56. The van der Waals surface area contributed by atoms with E-state index >= 15 is 4.39 Å². The zero-order valence-electron chi connectivity index (χ0n) is 21.3. The summed E-state index contributed by atoms with van der Waals surface area (Å²) >= 11 is 0. The van der Waals surface area contributed by atoms with E-state index in [4.69, 9.17) is 8.37 Å². The van der Waals surface area contributed by atoms with Crippen LogP contribution < -0.4 is 0 Å². The van der Waals surface area contributed by atoms with Gasteiger partial charge in [-0.1, -0.05) is 19.9 Å². The molecule has 0 aromatic carbocycles. The summed E-state index contributed by atoms with van der Waals surface area (Å²) in [5.74, 6) is -5.67. The standard InChI is InChI=1S/C24H31FO10S2/c1-12-9-15-18-20(35-37(6,32)33)19(34-36(5,30)31)16-10-14(27)7-8-21(16,3)23(18,25)17(28)11-22(15,4)24(12,29)13(2)26/h7-8,10,12,15,18-20,29H,9,11H2,1-6H3/t12?,15-,18+,19?,20?,21-,22-,23+,24-/m0/s1. The SMILES string of the molecule is CC(=O)[C@@]1(O)C(C)C[C@H]2[C@@H]3C(OS(C)(=O)=O)C(OS(C)(=O)=O)C4=CC(=O)C=C[C@]4(C)[C@@]3(F)C(=O)C[C@@]21C. The molecule has 3 saturated carbocycles. The Bertz CT molecular complexity index is 1370. The molecule has 37 heavy (non-hydrogen) atoms. The largest absolute Gasteiger partial charge is 0.381 e. The molecule has 206 valence electrons. The zero-order chi connectivity index (χ0) is 28.1. The fourth-order valence-corrected chi connectivity index (χ4v) is 8.82. The molecule has 4 aliphatic rings. The first-order valence-corrected chi connectivity index (χ1v) is 15.4. The molecule has 0 aromatic rings. The van der Waals surface area contributed by atoms with Gasteiger partial charge in [-0.05, 0) is 49.8 Å². The molecule has 0 aromatic heterocycles. The van der Waals surface area contributed by atoms with Gasteiger partial charge in [0.15, 0.2) is 23.0 Å². The number of Topliss-reactive ketones (excluding diaryl/α,β-unsaturated/α-hetero) is 2. The maximum absolute atomic E-state index is 17.7. The molecule has 0 radical (unpaired) electrons. The van der Waals surface area contributed by atoms with Crippen LogP contribution in [0.15, 0.2) is 23.8 Å². The molecule has 0 aliphatic heterocycles. The van der Waals surface area contributed by atoms with Crippen molar-refractivity contribution < 1.29 is 49.1 Å². The maximum Gasteiger partial charge on any atom is 0.265 e. The van der Waals surface area contributed by atoms with Crippen molar-refractivity contribution in [2.45, 2.75) is 64.0 Å². The van der Waals surface area contributed by atoms with Crippen LogP contribution in [0.4, 0.5) is 4.39 Å². The molecular weight excluding hydrogens is 531 g/mol. The van der Waals surface area contributed by atoms with E-state index in [1.165, 1.54) is 26.8 Å². The van der Waals surface area contributed by atoms with Gasteiger partial charge in [-0.25, -0.2) is 4.39 Å². The molecule has 3 fully saturated rings. The van der Waals surface area contributed by atoms with E-state index in [1.54, 1.807) is 6.92 Å². The molecule has 4 rings (SSSR count). The van der Waals surface area contributed by atoms with E-state index < -0.39 is 96.1 Å². The highest BCUT2D eigenvalue weighted by Crippen LogP contribution is 2.70. The summed E-state index contributed by atoms with van der Waals surface area (Å²) in [6, 6.07) is 0. The van der Waals surface area contributed by atoms with Crippen molar-refractivity contribution in [3.8, 4) is 0 Å². The number of fused-ring (bicyclic) bond motifs is 5. The Morgan fingerprint density at radius 2 is 1.68 bits per heavy atom. The van der Waals surface area contributed by atoms with Gasteiger partial charge in [0.1, 0.15) is 17.8 Å². The number of rotatable bonds is 5. The fraction of sp³-hybridized carbons (Fsp3) is 0.708. The molecule has 4 aliphatic carbocycles. The van der Waals surface area contributed by atoms with Gasteiger partial charge >= 0.3 is 0 Å². The van der Waals surface area contributed by atoms with Gasteiger partial charge in [0.2, 0.25) is 0 Å². The Hall–Kier alpha value is -1.80. The van der Waals surface area contributed by atoms with Crippen molar-refractivity contribution in [2.75, 3.05) is 12.5 Å². The van der Waals surface area contributed by atoms with Crippen molar-refractivity contribution in [1.29, 1.82) is 0 Å². The number of alkyl halides is 1. The number of halogens is 1. The summed E-state index contributed by atoms with van der Waals surface area (Å²) in [6.07, 6.45) is 0.356.